The Kier molecular flexibility index (Phi) is 1.72. The molecule has 0 aromatic heterocycles. The fourth-order valence-electron chi connectivity index (χ4n) is 3.02. The predicted octanol–water partition coefficient (Wildman–Crippen LogP) is -0.524. The summed E-state index contributed by atoms with van der Waals surface area (Å²) in [4.78, 5) is 23.3. The Morgan fingerprint density at radius 1 is 0.812 bits per heavy atom. The van der Waals surface area contributed by atoms with Crippen LogP contribution in [0.5, 0.6) is 0 Å². The monoisotopic (exact) mass is 220 g/mol. The van der Waals surface area contributed by atoms with Crippen molar-refractivity contribution in [1.82, 2.24) is 10.9 Å². The summed E-state index contributed by atoms with van der Waals surface area (Å²) in [6.45, 7) is 3.76. The van der Waals surface area contributed by atoms with Crippen molar-refractivity contribution in [3.05, 3.63) is 0 Å². The molecular weight excluding hydrogens is 208 g/mol. The van der Waals surface area contributed by atoms with Crippen molar-refractivity contribution in [1.29, 1.82) is 0 Å². The molecule has 4 unspecified atom stereocenters. The molecule has 4 atom stereocenters. The average molecular weight is 220 g/mol. The van der Waals surface area contributed by atoms with Gasteiger partial charge in [0.15, 0.2) is 0 Å². The summed E-state index contributed by atoms with van der Waals surface area (Å²) in [6, 6.07) is 0. The van der Waals surface area contributed by atoms with Gasteiger partial charge in [-0.15, -0.1) is 0 Å². The standard InChI is InChI=1S/C10H12N4O2/c1-3-5-6-4(2)12-14-10(16)8(6)7(5)9(15)13-11-3/h5-8H,1-2H3,(H,13,15)(H,14,16). The first-order chi connectivity index (χ1) is 7.61. The second kappa shape index (κ2) is 2.90. The molecule has 1 saturated carbocycles. The molecule has 0 aromatic carbocycles. The quantitative estimate of drug-likeness (QED) is 0.575. The van der Waals surface area contributed by atoms with Gasteiger partial charge in [-0.3, -0.25) is 9.59 Å². The first kappa shape index (κ1) is 9.50. The minimum Gasteiger partial charge on any atom is -0.273 e. The van der Waals surface area contributed by atoms with Gasteiger partial charge in [-0.1, -0.05) is 0 Å². The molecule has 6 nitrogen and oxygen atoms in total. The summed E-state index contributed by atoms with van der Waals surface area (Å²) in [6.07, 6.45) is 0. The van der Waals surface area contributed by atoms with Crippen molar-refractivity contribution in [2.75, 3.05) is 0 Å². The Bertz CT molecular complexity index is 412. The Balaban J connectivity index is 2.04. The number of fused-ring (bicyclic) bond motifs is 4. The first-order valence-electron chi connectivity index (χ1n) is 5.29. The van der Waals surface area contributed by atoms with Crippen LogP contribution in [0.25, 0.3) is 0 Å². The van der Waals surface area contributed by atoms with Gasteiger partial charge in [0.05, 0.1) is 11.8 Å². The molecule has 0 spiro atoms. The maximum Gasteiger partial charge on any atom is 0.244 e. The lowest BCUT2D eigenvalue weighted by Crippen LogP contribution is -2.66. The molecule has 0 radical (unpaired) electrons. The van der Waals surface area contributed by atoms with Gasteiger partial charge in [-0.05, 0) is 13.8 Å². The van der Waals surface area contributed by atoms with E-state index >= 15 is 0 Å². The number of nitrogens with zero attached hydrogens (tertiary/aromatic N) is 2. The molecular formula is C10H12N4O2. The van der Waals surface area contributed by atoms with Crippen LogP contribution < -0.4 is 10.9 Å². The van der Waals surface area contributed by atoms with E-state index < -0.39 is 0 Å². The largest absolute Gasteiger partial charge is 0.273 e. The summed E-state index contributed by atoms with van der Waals surface area (Å²) >= 11 is 0. The SMILES string of the molecule is CC1=NNC(=O)C2C3C(=O)NN=C(C)C3C12. The Hall–Kier alpha value is -1.72. The molecule has 3 aliphatic rings. The van der Waals surface area contributed by atoms with Crippen LogP contribution in [0.1, 0.15) is 13.8 Å². The van der Waals surface area contributed by atoms with Gasteiger partial charge in [0.25, 0.3) is 0 Å². The molecule has 0 aromatic rings. The minimum absolute atomic E-state index is 0.0496. The van der Waals surface area contributed by atoms with E-state index in [4.69, 9.17) is 0 Å². The van der Waals surface area contributed by atoms with E-state index in [1.165, 1.54) is 0 Å². The number of hydrazone groups is 2. The van der Waals surface area contributed by atoms with Crippen LogP contribution in [0.15, 0.2) is 10.2 Å². The number of nitrogens with one attached hydrogen (secondary N) is 2. The van der Waals surface area contributed by atoms with E-state index in [2.05, 4.69) is 21.1 Å². The van der Waals surface area contributed by atoms with Crippen molar-refractivity contribution in [2.45, 2.75) is 13.8 Å². The average Bonchev–Trinajstić information content (AvgIpc) is 2.19. The zero-order valence-corrected chi connectivity index (χ0v) is 9.02. The van der Waals surface area contributed by atoms with Gasteiger partial charge >= 0.3 is 0 Å². The van der Waals surface area contributed by atoms with Crippen LogP contribution in [0.2, 0.25) is 0 Å². The van der Waals surface area contributed by atoms with Gasteiger partial charge in [-0.25, -0.2) is 10.9 Å². The highest BCUT2D eigenvalue weighted by Crippen LogP contribution is 2.50. The molecule has 1 aliphatic carbocycles. The van der Waals surface area contributed by atoms with Crippen LogP contribution >= 0.6 is 0 Å². The highest BCUT2D eigenvalue weighted by Gasteiger charge is 2.61. The zero-order valence-electron chi connectivity index (χ0n) is 9.02. The van der Waals surface area contributed by atoms with Gasteiger partial charge in [0.2, 0.25) is 11.8 Å². The van der Waals surface area contributed by atoms with E-state index in [0.29, 0.717) is 0 Å². The summed E-state index contributed by atoms with van der Waals surface area (Å²) in [5, 5.41) is 7.95. The van der Waals surface area contributed by atoms with Crippen LogP contribution in [0.4, 0.5) is 0 Å². The predicted molar refractivity (Wildman–Crippen MR) is 56.5 cm³/mol. The lowest BCUT2D eigenvalue weighted by Gasteiger charge is -2.52. The molecule has 1 fully saturated rings. The third-order valence-corrected chi connectivity index (χ3v) is 3.80. The number of hydrogen-bond acceptors (Lipinski definition) is 4. The van der Waals surface area contributed by atoms with E-state index in [0.717, 1.165) is 11.4 Å². The molecule has 2 amide bonds. The second-order valence-electron chi connectivity index (χ2n) is 4.56. The Morgan fingerprint density at radius 2 is 1.19 bits per heavy atom. The molecule has 6 heteroatoms. The molecule has 2 N–H and O–H groups in total. The van der Waals surface area contributed by atoms with Crippen molar-refractivity contribution in [2.24, 2.45) is 33.9 Å². The van der Waals surface area contributed by atoms with Crippen LogP contribution in [-0.2, 0) is 9.59 Å². The summed E-state index contributed by atoms with van der Waals surface area (Å²) < 4.78 is 0. The van der Waals surface area contributed by atoms with Gasteiger partial charge in [0, 0.05) is 23.3 Å². The molecule has 0 bridgehead atoms. The number of rotatable bonds is 0. The normalized spacial score (nSPS) is 40.6. The highest BCUT2D eigenvalue weighted by molar-refractivity contribution is 6.08. The highest BCUT2D eigenvalue weighted by atomic mass is 16.2. The Labute approximate surface area is 92.2 Å². The van der Waals surface area contributed by atoms with Crippen LogP contribution in [0.3, 0.4) is 0 Å². The maximum absolute atomic E-state index is 11.7. The molecule has 3 rings (SSSR count). The van der Waals surface area contributed by atoms with Crippen molar-refractivity contribution >= 4 is 23.2 Å². The molecule has 16 heavy (non-hydrogen) atoms. The van der Waals surface area contributed by atoms with E-state index in [9.17, 15) is 9.59 Å². The van der Waals surface area contributed by atoms with Crippen molar-refractivity contribution in [3.8, 4) is 0 Å². The lowest BCUT2D eigenvalue weighted by atomic mass is 9.52. The zero-order chi connectivity index (χ0) is 11.4. The third kappa shape index (κ3) is 0.963. The number of carbonyl (C=O) groups is 2. The second-order valence-corrected chi connectivity index (χ2v) is 4.56. The summed E-state index contributed by atoms with van der Waals surface area (Å²) in [5.74, 6) is -0.744. The number of carbonyl (C=O) groups excluding carboxylic acids is 2. The third-order valence-electron chi connectivity index (χ3n) is 3.80. The first-order valence-corrected chi connectivity index (χ1v) is 5.29. The van der Waals surface area contributed by atoms with Crippen molar-refractivity contribution < 1.29 is 9.59 Å². The van der Waals surface area contributed by atoms with Crippen LogP contribution in [-0.4, -0.2) is 23.2 Å². The lowest BCUT2D eigenvalue weighted by molar-refractivity contribution is -0.148. The fraction of sp³-hybridized carbons (Fsp3) is 0.600. The molecule has 2 heterocycles. The smallest absolute Gasteiger partial charge is 0.244 e. The summed E-state index contributed by atoms with van der Waals surface area (Å²) in [5.41, 5.74) is 6.69. The van der Waals surface area contributed by atoms with E-state index in [1.807, 2.05) is 13.8 Å². The van der Waals surface area contributed by atoms with Gasteiger partial charge in [0.1, 0.15) is 0 Å². The van der Waals surface area contributed by atoms with E-state index in [1.54, 1.807) is 0 Å². The Morgan fingerprint density at radius 3 is 1.56 bits per heavy atom. The van der Waals surface area contributed by atoms with E-state index in [-0.39, 0.29) is 35.5 Å². The fourth-order valence-corrected chi connectivity index (χ4v) is 3.02. The molecule has 84 valence electrons. The molecule has 0 saturated heterocycles. The topological polar surface area (TPSA) is 82.9 Å². The van der Waals surface area contributed by atoms with Gasteiger partial charge < -0.3 is 0 Å². The minimum atomic E-state index is -0.270. The maximum atomic E-state index is 11.7. The van der Waals surface area contributed by atoms with Gasteiger partial charge in [-0.2, -0.15) is 10.2 Å². The molecule has 2 aliphatic heterocycles. The number of amides is 2. The number of hydrogen-bond donors (Lipinski definition) is 2. The van der Waals surface area contributed by atoms with Crippen molar-refractivity contribution in [3.63, 3.8) is 0 Å². The van der Waals surface area contributed by atoms with Crippen LogP contribution in [0, 0.1) is 23.7 Å². The summed E-state index contributed by atoms with van der Waals surface area (Å²) in [7, 11) is 0.